The zero-order chi connectivity index (χ0) is 8.53. The van der Waals surface area contributed by atoms with Gasteiger partial charge in [0.2, 0.25) is 0 Å². The minimum absolute atomic E-state index is 0.301. The fourth-order valence-electron chi connectivity index (χ4n) is 1.14. The van der Waals surface area contributed by atoms with Crippen LogP contribution in [0.1, 0.15) is 46.0 Å². The molecule has 0 aliphatic heterocycles. The molecule has 0 aromatic carbocycles. The number of unbranched alkanes of at least 4 members (excludes halogenated alkanes) is 1. The summed E-state index contributed by atoms with van der Waals surface area (Å²) in [6.45, 7) is 4.66. The summed E-state index contributed by atoms with van der Waals surface area (Å²) in [7, 11) is 0. The molecule has 0 saturated heterocycles. The molecule has 0 unspecified atom stereocenters. The molecule has 11 heavy (non-hydrogen) atoms. The van der Waals surface area contributed by atoms with Crippen LogP contribution >= 0.6 is 0 Å². The number of hydrogen-bond acceptors (Lipinski definition) is 1. The van der Waals surface area contributed by atoms with Gasteiger partial charge in [0.15, 0.2) is 0 Å². The topological polar surface area (TPSA) is 20.2 Å². The molecule has 1 heteroatoms. The van der Waals surface area contributed by atoms with E-state index >= 15 is 0 Å². The number of rotatable bonds is 6. The summed E-state index contributed by atoms with van der Waals surface area (Å²) in [5, 5.41) is 8.72. The van der Waals surface area contributed by atoms with Crippen LogP contribution in [0, 0.1) is 0 Å². The van der Waals surface area contributed by atoms with Gasteiger partial charge in [-0.15, -0.1) is 0 Å². The molecule has 0 aromatic heterocycles. The van der Waals surface area contributed by atoms with E-state index in [1.54, 1.807) is 0 Å². The van der Waals surface area contributed by atoms with Crippen molar-refractivity contribution in [2.75, 3.05) is 6.61 Å². The SMILES string of the molecule is CCCC=C(CCC)CCO. The normalized spacial score (nSPS) is 12.1. The third-order valence-corrected chi connectivity index (χ3v) is 1.73. The Balaban J connectivity index is 3.66. The first-order valence-corrected chi connectivity index (χ1v) is 4.63. The predicted octanol–water partition coefficient (Wildman–Crippen LogP) is 2.90. The van der Waals surface area contributed by atoms with Crippen molar-refractivity contribution in [2.24, 2.45) is 0 Å². The lowest BCUT2D eigenvalue weighted by Gasteiger charge is -2.02. The van der Waals surface area contributed by atoms with Gasteiger partial charge in [0.05, 0.1) is 0 Å². The molecule has 0 saturated carbocycles. The van der Waals surface area contributed by atoms with Gasteiger partial charge in [-0.3, -0.25) is 0 Å². The van der Waals surface area contributed by atoms with Gasteiger partial charge in [-0.25, -0.2) is 0 Å². The largest absolute Gasteiger partial charge is 0.396 e. The van der Waals surface area contributed by atoms with E-state index in [2.05, 4.69) is 19.9 Å². The Morgan fingerprint density at radius 3 is 2.36 bits per heavy atom. The molecule has 1 N–H and O–H groups in total. The highest BCUT2D eigenvalue weighted by molar-refractivity contribution is 5.01. The standard InChI is InChI=1S/C10H20O/c1-3-5-7-10(6-4-2)8-9-11/h7,11H,3-6,8-9H2,1-2H3. The Labute approximate surface area is 70.1 Å². The van der Waals surface area contributed by atoms with Gasteiger partial charge in [0.1, 0.15) is 0 Å². The molecule has 0 radical (unpaired) electrons. The first kappa shape index (κ1) is 10.7. The molecule has 1 nitrogen and oxygen atoms in total. The minimum Gasteiger partial charge on any atom is -0.396 e. The molecule has 0 fully saturated rings. The smallest absolute Gasteiger partial charge is 0.0468 e. The number of aliphatic hydroxyl groups is 1. The Morgan fingerprint density at radius 1 is 1.18 bits per heavy atom. The van der Waals surface area contributed by atoms with E-state index in [1.165, 1.54) is 18.4 Å². The molecule has 0 rings (SSSR count). The molecule has 0 aromatic rings. The fourth-order valence-corrected chi connectivity index (χ4v) is 1.14. The summed E-state index contributed by atoms with van der Waals surface area (Å²) in [4.78, 5) is 0. The highest BCUT2D eigenvalue weighted by Gasteiger charge is 1.93. The summed E-state index contributed by atoms with van der Waals surface area (Å²) in [6, 6.07) is 0. The van der Waals surface area contributed by atoms with Crippen molar-refractivity contribution < 1.29 is 5.11 Å². The van der Waals surface area contributed by atoms with Crippen LogP contribution in [-0.4, -0.2) is 11.7 Å². The van der Waals surface area contributed by atoms with Crippen molar-refractivity contribution in [2.45, 2.75) is 46.0 Å². The van der Waals surface area contributed by atoms with E-state index in [0.29, 0.717) is 6.61 Å². The number of allylic oxidation sites excluding steroid dienone is 1. The van der Waals surface area contributed by atoms with Gasteiger partial charge >= 0.3 is 0 Å². The highest BCUT2D eigenvalue weighted by atomic mass is 16.2. The molecule has 0 bridgehead atoms. The number of hydrogen-bond donors (Lipinski definition) is 1. The lowest BCUT2D eigenvalue weighted by molar-refractivity contribution is 0.297. The van der Waals surface area contributed by atoms with Crippen LogP contribution in [-0.2, 0) is 0 Å². The Morgan fingerprint density at radius 2 is 1.91 bits per heavy atom. The van der Waals surface area contributed by atoms with Crippen molar-refractivity contribution >= 4 is 0 Å². The maximum atomic E-state index is 8.72. The van der Waals surface area contributed by atoms with E-state index in [4.69, 9.17) is 5.11 Å². The molecule has 0 heterocycles. The van der Waals surface area contributed by atoms with Crippen LogP contribution in [0.25, 0.3) is 0 Å². The van der Waals surface area contributed by atoms with Crippen molar-refractivity contribution in [3.63, 3.8) is 0 Å². The van der Waals surface area contributed by atoms with Crippen LogP contribution in [0.4, 0.5) is 0 Å². The molecule has 66 valence electrons. The van der Waals surface area contributed by atoms with E-state index in [0.717, 1.165) is 19.3 Å². The van der Waals surface area contributed by atoms with Crippen molar-refractivity contribution in [3.8, 4) is 0 Å². The molecule has 0 atom stereocenters. The maximum Gasteiger partial charge on any atom is 0.0468 e. The average molecular weight is 156 g/mol. The monoisotopic (exact) mass is 156 g/mol. The van der Waals surface area contributed by atoms with Gasteiger partial charge < -0.3 is 5.11 Å². The van der Waals surface area contributed by atoms with E-state index < -0.39 is 0 Å². The summed E-state index contributed by atoms with van der Waals surface area (Å²) in [5.74, 6) is 0. The van der Waals surface area contributed by atoms with Crippen LogP contribution in [0.15, 0.2) is 11.6 Å². The zero-order valence-corrected chi connectivity index (χ0v) is 7.77. The van der Waals surface area contributed by atoms with E-state index in [-0.39, 0.29) is 0 Å². The molecule has 0 aliphatic carbocycles. The minimum atomic E-state index is 0.301. The summed E-state index contributed by atoms with van der Waals surface area (Å²) in [6.07, 6.45) is 7.86. The second-order valence-corrected chi connectivity index (χ2v) is 2.87. The third-order valence-electron chi connectivity index (χ3n) is 1.73. The molecular formula is C10H20O. The first-order valence-electron chi connectivity index (χ1n) is 4.63. The van der Waals surface area contributed by atoms with Crippen molar-refractivity contribution in [1.82, 2.24) is 0 Å². The van der Waals surface area contributed by atoms with Gasteiger partial charge in [-0.2, -0.15) is 0 Å². The van der Waals surface area contributed by atoms with Gasteiger partial charge in [0, 0.05) is 6.61 Å². The summed E-state index contributed by atoms with van der Waals surface area (Å²) in [5.41, 5.74) is 1.43. The molecule has 0 amide bonds. The highest BCUT2D eigenvalue weighted by Crippen LogP contribution is 2.10. The second-order valence-electron chi connectivity index (χ2n) is 2.87. The molecule has 0 aliphatic rings. The first-order chi connectivity index (χ1) is 5.35. The van der Waals surface area contributed by atoms with Gasteiger partial charge in [-0.05, 0) is 19.3 Å². The maximum absolute atomic E-state index is 8.72. The summed E-state index contributed by atoms with van der Waals surface area (Å²) < 4.78 is 0. The summed E-state index contributed by atoms with van der Waals surface area (Å²) >= 11 is 0. The lowest BCUT2D eigenvalue weighted by atomic mass is 10.1. The average Bonchev–Trinajstić information content (AvgIpc) is 2.01. The van der Waals surface area contributed by atoms with Crippen LogP contribution in [0.3, 0.4) is 0 Å². The quantitative estimate of drug-likeness (QED) is 0.586. The lowest BCUT2D eigenvalue weighted by Crippen LogP contribution is -1.88. The predicted molar refractivity (Wildman–Crippen MR) is 49.6 cm³/mol. The zero-order valence-electron chi connectivity index (χ0n) is 7.77. The van der Waals surface area contributed by atoms with E-state index in [1.807, 2.05) is 0 Å². The van der Waals surface area contributed by atoms with Gasteiger partial charge in [0.25, 0.3) is 0 Å². The van der Waals surface area contributed by atoms with Crippen LogP contribution in [0.2, 0.25) is 0 Å². The van der Waals surface area contributed by atoms with Crippen molar-refractivity contribution in [1.29, 1.82) is 0 Å². The second kappa shape index (κ2) is 7.80. The van der Waals surface area contributed by atoms with Gasteiger partial charge in [-0.1, -0.05) is 38.3 Å². The van der Waals surface area contributed by atoms with Crippen LogP contribution < -0.4 is 0 Å². The Bertz CT molecular complexity index is 97.4. The van der Waals surface area contributed by atoms with Crippen molar-refractivity contribution in [3.05, 3.63) is 11.6 Å². The van der Waals surface area contributed by atoms with E-state index in [9.17, 15) is 0 Å². The third kappa shape index (κ3) is 6.11. The molecule has 0 spiro atoms. The van der Waals surface area contributed by atoms with Crippen LogP contribution in [0.5, 0.6) is 0 Å². The number of aliphatic hydroxyl groups excluding tert-OH is 1. The Kier molecular flexibility index (Phi) is 7.59. The molecular weight excluding hydrogens is 136 g/mol. The fraction of sp³-hybridized carbons (Fsp3) is 0.800. The Hall–Kier alpha value is -0.300.